The number of ether oxygens (including phenoxy) is 1. The van der Waals surface area contributed by atoms with Crippen LogP contribution in [0, 0.1) is 0 Å². The molecule has 0 fully saturated rings. The Morgan fingerprint density at radius 1 is 1.32 bits per heavy atom. The SMILES string of the molecule is COc1ccc(C(O)CCN(C)CCC(=O)O)cc1. The van der Waals surface area contributed by atoms with Gasteiger partial charge >= 0.3 is 5.97 Å². The van der Waals surface area contributed by atoms with Gasteiger partial charge in [0.1, 0.15) is 5.75 Å². The number of nitrogens with zero attached hydrogens (tertiary/aromatic N) is 1. The highest BCUT2D eigenvalue weighted by molar-refractivity contribution is 5.66. The van der Waals surface area contributed by atoms with E-state index in [4.69, 9.17) is 9.84 Å². The first-order chi connectivity index (χ1) is 9.02. The van der Waals surface area contributed by atoms with E-state index in [-0.39, 0.29) is 6.42 Å². The van der Waals surface area contributed by atoms with Crippen molar-refractivity contribution in [3.63, 3.8) is 0 Å². The Hall–Kier alpha value is -1.59. The van der Waals surface area contributed by atoms with E-state index in [0.29, 0.717) is 19.5 Å². The minimum absolute atomic E-state index is 0.120. The number of methoxy groups -OCH3 is 1. The third-order valence-corrected chi connectivity index (χ3v) is 2.99. The molecule has 1 aromatic rings. The molecule has 0 spiro atoms. The average molecular weight is 267 g/mol. The summed E-state index contributed by atoms with van der Waals surface area (Å²) in [5.41, 5.74) is 0.840. The van der Waals surface area contributed by atoms with E-state index in [1.807, 2.05) is 36.2 Å². The van der Waals surface area contributed by atoms with Crippen molar-refractivity contribution in [1.82, 2.24) is 4.90 Å². The molecule has 19 heavy (non-hydrogen) atoms. The third kappa shape index (κ3) is 5.72. The lowest BCUT2D eigenvalue weighted by Gasteiger charge is -2.18. The van der Waals surface area contributed by atoms with Gasteiger partial charge in [0.2, 0.25) is 0 Å². The van der Waals surface area contributed by atoms with Gasteiger partial charge in [-0.1, -0.05) is 12.1 Å². The lowest BCUT2D eigenvalue weighted by molar-refractivity contribution is -0.137. The van der Waals surface area contributed by atoms with Gasteiger partial charge < -0.3 is 19.8 Å². The van der Waals surface area contributed by atoms with Crippen LogP contribution in [-0.2, 0) is 4.79 Å². The van der Waals surface area contributed by atoms with Gasteiger partial charge in [-0.2, -0.15) is 0 Å². The highest BCUT2D eigenvalue weighted by Gasteiger charge is 2.09. The Bertz CT molecular complexity index is 391. The molecule has 5 heteroatoms. The molecule has 0 amide bonds. The standard InChI is InChI=1S/C14H21NO4/c1-15(10-8-14(17)18)9-7-13(16)11-3-5-12(19-2)6-4-11/h3-6,13,16H,7-10H2,1-2H3,(H,17,18). The zero-order chi connectivity index (χ0) is 14.3. The fraction of sp³-hybridized carbons (Fsp3) is 0.500. The second kappa shape index (κ2) is 7.76. The number of carboxylic acid groups (broad SMARTS) is 1. The Morgan fingerprint density at radius 3 is 2.47 bits per heavy atom. The molecule has 106 valence electrons. The van der Waals surface area contributed by atoms with Crippen LogP contribution in [0.15, 0.2) is 24.3 Å². The molecule has 1 rings (SSSR count). The van der Waals surface area contributed by atoms with Crippen LogP contribution in [-0.4, -0.2) is 48.3 Å². The Morgan fingerprint density at radius 2 is 1.95 bits per heavy atom. The average Bonchev–Trinajstić information content (AvgIpc) is 2.42. The molecule has 1 aromatic carbocycles. The van der Waals surface area contributed by atoms with E-state index in [0.717, 1.165) is 11.3 Å². The van der Waals surface area contributed by atoms with Crippen LogP contribution in [0.3, 0.4) is 0 Å². The number of aliphatic hydroxyl groups excluding tert-OH is 1. The van der Waals surface area contributed by atoms with Gasteiger partial charge in [-0.25, -0.2) is 0 Å². The number of rotatable bonds is 8. The van der Waals surface area contributed by atoms with Crippen LogP contribution in [0.1, 0.15) is 24.5 Å². The van der Waals surface area contributed by atoms with Crippen molar-refractivity contribution in [2.45, 2.75) is 18.9 Å². The number of aliphatic hydroxyl groups is 1. The maximum atomic E-state index is 10.4. The number of hydrogen-bond donors (Lipinski definition) is 2. The topological polar surface area (TPSA) is 70.0 Å². The second-order valence-electron chi connectivity index (χ2n) is 4.52. The first-order valence-corrected chi connectivity index (χ1v) is 6.25. The van der Waals surface area contributed by atoms with Crippen molar-refractivity contribution in [1.29, 1.82) is 0 Å². The molecule has 0 bridgehead atoms. The van der Waals surface area contributed by atoms with Gasteiger partial charge in [-0.3, -0.25) is 4.79 Å². The summed E-state index contributed by atoms with van der Waals surface area (Å²) in [7, 11) is 3.45. The molecule has 5 nitrogen and oxygen atoms in total. The van der Waals surface area contributed by atoms with E-state index in [9.17, 15) is 9.90 Å². The van der Waals surface area contributed by atoms with Crippen molar-refractivity contribution in [3.8, 4) is 5.75 Å². The van der Waals surface area contributed by atoms with E-state index in [1.165, 1.54) is 0 Å². The summed E-state index contributed by atoms with van der Waals surface area (Å²) in [6.07, 6.45) is 0.149. The molecule has 0 aromatic heterocycles. The van der Waals surface area contributed by atoms with Crippen molar-refractivity contribution >= 4 is 5.97 Å². The number of aliphatic carboxylic acids is 1. The van der Waals surface area contributed by atoms with E-state index in [1.54, 1.807) is 7.11 Å². The van der Waals surface area contributed by atoms with E-state index >= 15 is 0 Å². The summed E-state index contributed by atoms with van der Waals surface area (Å²) >= 11 is 0. The fourth-order valence-corrected chi connectivity index (χ4v) is 1.73. The summed E-state index contributed by atoms with van der Waals surface area (Å²) in [5, 5.41) is 18.6. The van der Waals surface area contributed by atoms with Crippen LogP contribution in [0.25, 0.3) is 0 Å². The van der Waals surface area contributed by atoms with Gasteiger partial charge in [-0.05, 0) is 31.2 Å². The third-order valence-electron chi connectivity index (χ3n) is 2.99. The summed E-state index contributed by atoms with van der Waals surface area (Å²) in [6, 6.07) is 7.29. The Kier molecular flexibility index (Phi) is 6.32. The molecule has 0 saturated heterocycles. The molecular formula is C14H21NO4. The van der Waals surface area contributed by atoms with Crippen LogP contribution in [0.2, 0.25) is 0 Å². The summed E-state index contributed by atoms with van der Waals surface area (Å²) in [4.78, 5) is 12.3. The normalized spacial score (nSPS) is 12.4. The highest BCUT2D eigenvalue weighted by atomic mass is 16.5. The van der Waals surface area contributed by atoms with Gasteiger partial charge in [0.15, 0.2) is 0 Å². The molecule has 2 N–H and O–H groups in total. The zero-order valence-electron chi connectivity index (χ0n) is 11.4. The Labute approximate surface area is 113 Å². The minimum atomic E-state index is -0.803. The van der Waals surface area contributed by atoms with Crippen LogP contribution in [0.4, 0.5) is 0 Å². The quantitative estimate of drug-likeness (QED) is 0.747. The fourth-order valence-electron chi connectivity index (χ4n) is 1.73. The van der Waals surface area contributed by atoms with E-state index in [2.05, 4.69) is 0 Å². The number of benzene rings is 1. The molecule has 0 aliphatic rings. The molecule has 1 unspecified atom stereocenters. The monoisotopic (exact) mass is 267 g/mol. The first kappa shape index (κ1) is 15.5. The number of carbonyl (C=O) groups is 1. The molecule has 0 aliphatic heterocycles. The van der Waals surface area contributed by atoms with Crippen molar-refractivity contribution in [2.75, 3.05) is 27.2 Å². The van der Waals surface area contributed by atoms with Gasteiger partial charge in [0.05, 0.1) is 19.6 Å². The molecule has 0 saturated carbocycles. The summed E-state index contributed by atoms with van der Waals surface area (Å²) < 4.78 is 5.06. The first-order valence-electron chi connectivity index (χ1n) is 6.25. The molecular weight excluding hydrogens is 246 g/mol. The van der Waals surface area contributed by atoms with Crippen LogP contribution < -0.4 is 4.74 Å². The van der Waals surface area contributed by atoms with Crippen molar-refractivity contribution in [2.24, 2.45) is 0 Å². The number of hydrogen-bond acceptors (Lipinski definition) is 4. The van der Waals surface area contributed by atoms with Crippen LogP contribution >= 0.6 is 0 Å². The van der Waals surface area contributed by atoms with Gasteiger partial charge in [-0.15, -0.1) is 0 Å². The maximum absolute atomic E-state index is 10.4. The van der Waals surface area contributed by atoms with E-state index < -0.39 is 12.1 Å². The van der Waals surface area contributed by atoms with Crippen molar-refractivity contribution in [3.05, 3.63) is 29.8 Å². The predicted octanol–water partition coefficient (Wildman–Crippen LogP) is 1.53. The molecule has 0 aliphatic carbocycles. The predicted molar refractivity (Wildman–Crippen MR) is 72.3 cm³/mol. The summed E-state index contributed by atoms with van der Waals surface area (Å²) in [6.45, 7) is 1.14. The highest BCUT2D eigenvalue weighted by Crippen LogP contribution is 2.20. The second-order valence-corrected chi connectivity index (χ2v) is 4.52. The zero-order valence-corrected chi connectivity index (χ0v) is 11.4. The summed E-state index contributed by atoms with van der Waals surface area (Å²) in [5.74, 6) is -0.0444. The Balaban J connectivity index is 2.37. The van der Waals surface area contributed by atoms with Gasteiger partial charge in [0.25, 0.3) is 0 Å². The molecule has 1 atom stereocenters. The lowest BCUT2D eigenvalue weighted by atomic mass is 10.1. The van der Waals surface area contributed by atoms with Crippen LogP contribution in [0.5, 0.6) is 5.75 Å². The minimum Gasteiger partial charge on any atom is -0.497 e. The lowest BCUT2D eigenvalue weighted by Crippen LogP contribution is -2.24. The van der Waals surface area contributed by atoms with Crippen molar-refractivity contribution < 1.29 is 19.7 Å². The molecule has 0 radical (unpaired) electrons. The van der Waals surface area contributed by atoms with Gasteiger partial charge in [0, 0.05) is 13.1 Å². The number of carboxylic acids is 1. The molecule has 0 heterocycles. The maximum Gasteiger partial charge on any atom is 0.304 e. The smallest absolute Gasteiger partial charge is 0.304 e. The largest absolute Gasteiger partial charge is 0.497 e.